The number of rotatable bonds is 7. The molecule has 0 radical (unpaired) electrons. The lowest BCUT2D eigenvalue weighted by molar-refractivity contribution is -1.02. The molecule has 1 aliphatic heterocycles. The summed E-state index contributed by atoms with van der Waals surface area (Å²) in [5.74, 6) is 0.246. The highest BCUT2D eigenvalue weighted by Gasteiger charge is 2.31. The molecule has 0 saturated carbocycles. The van der Waals surface area contributed by atoms with Crippen molar-refractivity contribution >= 4 is 16.7 Å². The molecule has 32 heavy (non-hydrogen) atoms. The fourth-order valence-corrected chi connectivity index (χ4v) is 5.15. The molecule has 4 nitrogen and oxygen atoms in total. The summed E-state index contributed by atoms with van der Waals surface area (Å²) in [7, 11) is 0. The zero-order valence-electron chi connectivity index (χ0n) is 18.4. The van der Waals surface area contributed by atoms with Gasteiger partial charge in [0.05, 0.1) is 13.0 Å². The number of Topliss-reactive ketones (excluding diaryl/α,β-unsaturated/α-hetero) is 1. The molecule has 0 amide bonds. The molecule has 4 heteroatoms. The van der Waals surface area contributed by atoms with Crippen LogP contribution in [-0.2, 0) is 0 Å². The molecule has 1 fully saturated rings. The number of carbonyl (C=O) groups excluding carboxylic acids is 1. The van der Waals surface area contributed by atoms with Gasteiger partial charge in [-0.25, -0.2) is 0 Å². The maximum Gasteiger partial charge on any atom is 0.170 e. The summed E-state index contributed by atoms with van der Waals surface area (Å²) < 4.78 is 0. The van der Waals surface area contributed by atoms with E-state index in [4.69, 9.17) is 0 Å². The highest BCUT2D eigenvalue weighted by Crippen LogP contribution is 2.20. The van der Waals surface area contributed by atoms with Crippen molar-refractivity contribution in [3.63, 3.8) is 0 Å². The lowest BCUT2D eigenvalue weighted by Crippen LogP contribution is -3.28. The highest BCUT2D eigenvalue weighted by molar-refractivity contribution is 6.07. The van der Waals surface area contributed by atoms with Crippen LogP contribution in [0.5, 0.6) is 0 Å². The number of hydrogen-bond acceptors (Lipinski definition) is 1. The first-order chi connectivity index (χ1) is 15.8. The number of aromatic amines is 1. The Morgan fingerprint density at radius 2 is 1.38 bits per heavy atom. The quantitative estimate of drug-likeness (QED) is 0.391. The lowest BCUT2D eigenvalue weighted by Gasteiger charge is -2.35. The number of hydrogen-bond donors (Lipinski definition) is 3. The Bertz CT molecular complexity index is 1120. The minimum absolute atomic E-state index is 0.246. The van der Waals surface area contributed by atoms with Crippen molar-refractivity contribution < 1.29 is 14.6 Å². The molecular formula is C28H31N3O+2. The van der Waals surface area contributed by atoms with Crippen molar-refractivity contribution in [3.05, 3.63) is 108 Å². The first-order valence-electron chi connectivity index (χ1n) is 11.7. The molecule has 4 aromatic rings. The van der Waals surface area contributed by atoms with Crippen LogP contribution < -0.4 is 9.80 Å². The van der Waals surface area contributed by atoms with Crippen LogP contribution >= 0.6 is 0 Å². The van der Waals surface area contributed by atoms with E-state index in [1.54, 1.807) is 9.80 Å². The Kier molecular flexibility index (Phi) is 6.15. The minimum atomic E-state index is 0.246. The largest absolute Gasteiger partial charge is 0.360 e. The predicted molar refractivity (Wildman–Crippen MR) is 128 cm³/mol. The average Bonchev–Trinajstić information content (AvgIpc) is 3.29. The fourth-order valence-electron chi connectivity index (χ4n) is 5.15. The first kappa shape index (κ1) is 20.7. The van der Waals surface area contributed by atoms with E-state index in [2.05, 4.69) is 65.6 Å². The highest BCUT2D eigenvalue weighted by atomic mass is 16.1. The predicted octanol–water partition coefficient (Wildman–Crippen LogP) is 2.31. The zero-order valence-corrected chi connectivity index (χ0v) is 18.4. The maximum absolute atomic E-state index is 12.9. The lowest BCUT2D eigenvalue weighted by atomic mass is 9.96. The number of piperazine rings is 1. The van der Waals surface area contributed by atoms with Crippen molar-refractivity contribution in [2.45, 2.75) is 12.5 Å². The van der Waals surface area contributed by atoms with Gasteiger partial charge in [-0.3, -0.25) is 4.79 Å². The number of para-hydroxylation sites is 1. The van der Waals surface area contributed by atoms with Crippen LogP contribution in [0.25, 0.3) is 10.9 Å². The minimum Gasteiger partial charge on any atom is -0.360 e. The van der Waals surface area contributed by atoms with E-state index < -0.39 is 0 Å². The Morgan fingerprint density at radius 1 is 0.781 bits per heavy atom. The second-order valence-corrected chi connectivity index (χ2v) is 8.83. The van der Waals surface area contributed by atoms with E-state index in [1.807, 2.05) is 30.5 Å². The van der Waals surface area contributed by atoms with E-state index in [0.717, 1.165) is 49.2 Å². The third kappa shape index (κ3) is 4.38. The molecule has 162 valence electrons. The van der Waals surface area contributed by atoms with Gasteiger partial charge in [0.25, 0.3) is 0 Å². The Balaban J connectivity index is 1.22. The molecular weight excluding hydrogens is 394 g/mol. The van der Waals surface area contributed by atoms with E-state index >= 15 is 0 Å². The summed E-state index contributed by atoms with van der Waals surface area (Å²) in [4.78, 5) is 19.3. The monoisotopic (exact) mass is 425 g/mol. The van der Waals surface area contributed by atoms with E-state index in [1.165, 1.54) is 11.1 Å². The van der Waals surface area contributed by atoms with Crippen LogP contribution in [0.1, 0.15) is 33.9 Å². The van der Waals surface area contributed by atoms with Gasteiger partial charge in [0, 0.05) is 33.8 Å². The number of benzene rings is 3. The van der Waals surface area contributed by atoms with Crippen LogP contribution in [0.15, 0.2) is 91.1 Å². The van der Waals surface area contributed by atoms with Gasteiger partial charge < -0.3 is 14.8 Å². The van der Waals surface area contributed by atoms with Gasteiger partial charge in [-0.15, -0.1) is 0 Å². The van der Waals surface area contributed by atoms with E-state index in [0.29, 0.717) is 12.5 Å². The molecule has 0 spiro atoms. The molecule has 0 bridgehead atoms. The van der Waals surface area contributed by atoms with Crippen LogP contribution in [0, 0.1) is 0 Å². The number of carbonyl (C=O) groups is 1. The maximum atomic E-state index is 12.9. The number of aromatic nitrogens is 1. The van der Waals surface area contributed by atoms with Crippen molar-refractivity contribution in [3.8, 4) is 0 Å². The summed E-state index contributed by atoms with van der Waals surface area (Å²) in [5, 5.41) is 1.04. The molecule has 3 aromatic carbocycles. The van der Waals surface area contributed by atoms with Gasteiger partial charge in [0.1, 0.15) is 32.2 Å². The second-order valence-electron chi connectivity index (χ2n) is 8.83. The summed E-state index contributed by atoms with van der Waals surface area (Å²) in [6, 6.07) is 30.2. The van der Waals surface area contributed by atoms with Crippen molar-refractivity contribution in [2.24, 2.45) is 0 Å². The van der Waals surface area contributed by atoms with Gasteiger partial charge in [-0.05, 0) is 6.07 Å². The summed E-state index contributed by atoms with van der Waals surface area (Å²) in [6.45, 7) is 5.35. The molecule has 0 aliphatic carbocycles. The van der Waals surface area contributed by atoms with Gasteiger partial charge in [0.15, 0.2) is 5.78 Å². The van der Waals surface area contributed by atoms with Gasteiger partial charge >= 0.3 is 0 Å². The Labute approximate surface area is 189 Å². The number of nitrogens with one attached hydrogen (secondary N) is 3. The van der Waals surface area contributed by atoms with Gasteiger partial charge in [-0.2, -0.15) is 0 Å². The molecule has 1 saturated heterocycles. The Hall–Kier alpha value is -3.21. The number of quaternary nitrogens is 2. The third-order valence-corrected chi connectivity index (χ3v) is 6.87. The topological polar surface area (TPSA) is 41.7 Å². The SMILES string of the molecule is O=C(CC[NH+]1CC[NH+](C(c2ccccc2)c2ccccc2)CC1)c1c[nH]c2ccccc12. The molecule has 0 atom stereocenters. The Morgan fingerprint density at radius 3 is 2.03 bits per heavy atom. The molecule has 1 aliphatic rings. The fraction of sp³-hybridized carbons (Fsp3) is 0.250. The molecule has 2 heterocycles. The second kappa shape index (κ2) is 9.51. The van der Waals surface area contributed by atoms with Crippen LogP contribution in [-0.4, -0.2) is 43.5 Å². The van der Waals surface area contributed by atoms with Crippen molar-refractivity contribution in [2.75, 3.05) is 32.7 Å². The van der Waals surface area contributed by atoms with Crippen molar-refractivity contribution in [1.29, 1.82) is 0 Å². The first-order valence-corrected chi connectivity index (χ1v) is 11.7. The summed E-state index contributed by atoms with van der Waals surface area (Å²) in [5.41, 5.74) is 4.63. The van der Waals surface area contributed by atoms with Gasteiger partial charge in [-0.1, -0.05) is 78.9 Å². The standard InChI is InChI=1S/C28H29N3O/c32-27(25-21-29-26-14-8-7-13-24(25)26)15-16-30-17-19-31(20-18-30)28(22-9-3-1-4-10-22)23-11-5-2-6-12-23/h1-14,21,28-29H,15-20H2/p+2. The number of H-pyrrole nitrogens is 1. The zero-order chi connectivity index (χ0) is 21.8. The van der Waals surface area contributed by atoms with Crippen LogP contribution in [0.4, 0.5) is 0 Å². The number of fused-ring (bicyclic) bond motifs is 1. The summed E-state index contributed by atoms with van der Waals surface area (Å²) >= 11 is 0. The van der Waals surface area contributed by atoms with Crippen molar-refractivity contribution in [1.82, 2.24) is 4.98 Å². The van der Waals surface area contributed by atoms with E-state index in [-0.39, 0.29) is 5.78 Å². The third-order valence-electron chi connectivity index (χ3n) is 6.87. The molecule has 5 rings (SSSR count). The van der Waals surface area contributed by atoms with Crippen LogP contribution in [0.2, 0.25) is 0 Å². The molecule has 0 unspecified atom stereocenters. The van der Waals surface area contributed by atoms with Crippen LogP contribution in [0.3, 0.4) is 0 Å². The molecule has 1 aromatic heterocycles. The average molecular weight is 426 g/mol. The van der Waals surface area contributed by atoms with E-state index in [9.17, 15) is 4.79 Å². The van der Waals surface area contributed by atoms with Gasteiger partial charge in [0.2, 0.25) is 0 Å². The molecule has 3 N–H and O–H groups in total. The number of ketones is 1. The normalized spacial score (nSPS) is 18.8. The summed E-state index contributed by atoms with van der Waals surface area (Å²) in [6.07, 6.45) is 2.47. The smallest absolute Gasteiger partial charge is 0.170 e.